The minimum atomic E-state index is 0.217. The van der Waals surface area contributed by atoms with Gasteiger partial charge in [-0.25, -0.2) is 0 Å². The van der Waals surface area contributed by atoms with Gasteiger partial charge >= 0.3 is 0 Å². The largest absolute Gasteiger partial charge is 0.490 e. The number of ether oxygens (including phenoxy) is 1. The molecule has 0 aromatic heterocycles. The third-order valence-electron chi connectivity index (χ3n) is 3.75. The molecule has 2 unspecified atom stereocenters. The Balaban J connectivity index is 2.16. The first-order valence-electron chi connectivity index (χ1n) is 5.90. The van der Waals surface area contributed by atoms with Crippen LogP contribution in [-0.2, 0) is 0 Å². The van der Waals surface area contributed by atoms with Gasteiger partial charge < -0.3 is 4.74 Å². The third kappa shape index (κ3) is 2.41. The van der Waals surface area contributed by atoms with Gasteiger partial charge in [0.05, 0.1) is 0 Å². The fourth-order valence-electron chi connectivity index (χ4n) is 2.18. The van der Waals surface area contributed by atoms with Gasteiger partial charge in [-0.05, 0) is 43.5 Å². The topological polar surface area (TPSA) is 9.23 Å². The first kappa shape index (κ1) is 13.4. The van der Waals surface area contributed by atoms with Crippen molar-refractivity contribution < 1.29 is 4.74 Å². The summed E-state index contributed by atoms with van der Waals surface area (Å²) in [4.78, 5) is 0.567. The van der Waals surface area contributed by atoms with Crippen molar-refractivity contribution in [2.45, 2.75) is 45.0 Å². The Bertz CT molecular complexity index is 417. The average Bonchev–Trinajstić information content (AvgIpc) is 2.25. The van der Waals surface area contributed by atoms with Crippen molar-refractivity contribution in [3.05, 3.63) is 27.7 Å². The van der Waals surface area contributed by atoms with Gasteiger partial charge in [-0.1, -0.05) is 45.7 Å². The maximum absolute atomic E-state index is 6.10. The van der Waals surface area contributed by atoms with Crippen LogP contribution in [0.25, 0.3) is 0 Å². The SMILES string of the molecule is Cc1cc(OC2CC(Br)C2(C)C)cc(C)c1Br. The number of rotatable bonds is 2. The van der Waals surface area contributed by atoms with Crippen LogP contribution in [0.2, 0.25) is 0 Å². The van der Waals surface area contributed by atoms with Crippen LogP contribution in [0.4, 0.5) is 0 Å². The zero-order valence-corrected chi connectivity index (χ0v) is 13.9. The van der Waals surface area contributed by atoms with Gasteiger partial charge in [0, 0.05) is 14.7 Å². The summed E-state index contributed by atoms with van der Waals surface area (Å²) >= 11 is 7.27. The van der Waals surface area contributed by atoms with Crippen molar-refractivity contribution in [2.24, 2.45) is 5.41 Å². The molecule has 1 saturated carbocycles. The summed E-state index contributed by atoms with van der Waals surface area (Å²) in [6.45, 7) is 8.70. The molecule has 0 radical (unpaired) electrons. The van der Waals surface area contributed by atoms with Gasteiger partial charge in [0.15, 0.2) is 0 Å². The minimum absolute atomic E-state index is 0.217. The Labute approximate surface area is 120 Å². The molecule has 0 amide bonds. The molecule has 1 aromatic carbocycles. The van der Waals surface area contributed by atoms with Gasteiger partial charge in [-0.15, -0.1) is 0 Å². The predicted molar refractivity (Wildman–Crippen MR) is 79.1 cm³/mol. The van der Waals surface area contributed by atoms with E-state index in [0.717, 1.165) is 12.2 Å². The van der Waals surface area contributed by atoms with E-state index < -0.39 is 0 Å². The van der Waals surface area contributed by atoms with E-state index in [1.165, 1.54) is 15.6 Å². The second kappa shape index (κ2) is 4.58. The van der Waals surface area contributed by atoms with Crippen molar-refractivity contribution in [1.82, 2.24) is 0 Å². The smallest absolute Gasteiger partial charge is 0.120 e. The molecular formula is C14H18Br2O. The summed E-state index contributed by atoms with van der Waals surface area (Å²) in [5, 5.41) is 0. The summed E-state index contributed by atoms with van der Waals surface area (Å²) in [7, 11) is 0. The predicted octanol–water partition coefficient (Wildman–Crippen LogP) is 5.01. The molecule has 1 aliphatic rings. The molecule has 3 heteroatoms. The van der Waals surface area contributed by atoms with Crippen LogP contribution in [0, 0.1) is 19.3 Å². The standard InChI is InChI=1S/C14H18Br2O/c1-8-5-10(6-9(2)13(8)16)17-12-7-11(15)14(12,3)4/h5-6,11-12H,7H2,1-4H3. The van der Waals surface area contributed by atoms with Crippen LogP contribution in [0.3, 0.4) is 0 Å². The van der Waals surface area contributed by atoms with E-state index in [4.69, 9.17) is 4.74 Å². The molecule has 94 valence electrons. The van der Waals surface area contributed by atoms with Gasteiger partial charge in [-0.2, -0.15) is 0 Å². The van der Waals surface area contributed by atoms with E-state index in [1.807, 2.05) is 0 Å². The molecule has 1 aromatic rings. The van der Waals surface area contributed by atoms with E-state index in [0.29, 0.717) is 10.9 Å². The lowest BCUT2D eigenvalue weighted by Gasteiger charge is -2.48. The summed E-state index contributed by atoms with van der Waals surface area (Å²) in [5.74, 6) is 0.987. The van der Waals surface area contributed by atoms with E-state index in [2.05, 4.69) is 71.7 Å². The molecule has 0 heterocycles. The lowest BCUT2D eigenvalue weighted by Crippen LogP contribution is -2.53. The zero-order valence-electron chi connectivity index (χ0n) is 10.7. The number of hydrogen-bond acceptors (Lipinski definition) is 1. The van der Waals surface area contributed by atoms with Crippen molar-refractivity contribution in [3.63, 3.8) is 0 Å². The molecule has 1 aliphatic carbocycles. The summed E-state index contributed by atoms with van der Waals surface area (Å²) in [6.07, 6.45) is 1.40. The molecule has 2 rings (SSSR count). The van der Waals surface area contributed by atoms with Crippen LogP contribution >= 0.6 is 31.9 Å². The minimum Gasteiger partial charge on any atom is -0.490 e. The van der Waals surface area contributed by atoms with E-state index in [-0.39, 0.29) is 5.41 Å². The number of halogens is 2. The Morgan fingerprint density at radius 2 is 1.76 bits per heavy atom. The molecule has 0 saturated heterocycles. The second-order valence-corrected chi connectivity index (χ2v) is 7.40. The molecule has 17 heavy (non-hydrogen) atoms. The molecule has 1 fully saturated rings. The Morgan fingerprint density at radius 3 is 2.18 bits per heavy atom. The maximum atomic E-state index is 6.10. The second-order valence-electron chi connectivity index (χ2n) is 5.50. The monoisotopic (exact) mass is 360 g/mol. The molecule has 1 nitrogen and oxygen atoms in total. The van der Waals surface area contributed by atoms with Gasteiger partial charge in [0.2, 0.25) is 0 Å². The third-order valence-corrected chi connectivity index (χ3v) is 6.55. The van der Waals surface area contributed by atoms with Crippen LogP contribution in [0.1, 0.15) is 31.4 Å². The first-order valence-corrected chi connectivity index (χ1v) is 7.60. The summed E-state index contributed by atoms with van der Waals surface area (Å²) in [5.41, 5.74) is 2.68. The van der Waals surface area contributed by atoms with E-state index in [1.54, 1.807) is 0 Å². The molecule has 0 spiro atoms. The fourth-order valence-corrected chi connectivity index (χ4v) is 3.04. The number of aryl methyl sites for hydroxylation is 2. The Morgan fingerprint density at radius 1 is 1.24 bits per heavy atom. The van der Waals surface area contributed by atoms with E-state index >= 15 is 0 Å². The molecule has 2 atom stereocenters. The fraction of sp³-hybridized carbons (Fsp3) is 0.571. The molecule has 0 bridgehead atoms. The quantitative estimate of drug-likeness (QED) is 0.673. The van der Waals surface area contributed by atoms with Crippen LogP contribution < -0.4 is 4.74 Å². The number of benzene rings is 1. The molecular weight excluding hydrogens is 344 g/mol. The summed E-state index contributed by atoms with van der Waals surface area (Å²) < 4.78 is 7.28. The lowest BCUT2D eigenvalue weighted by atomic mass is 9.69. The van der Waals surface area contributed by atoms with Crippen molar-refractivity contribution in [1.29, 1.82) is 0 Å². The Kier molecular flexibility index (Phi) is 3.61. The van der Waals surface area contributed by atoms with Crippen LogP contribution in [-0.4, -0.2) is 10.9 Å². The van der Waals surface area contributed by atoms with Crippen molar-refractivity contribution in [3.8, 4) is 5.75 Å². The first-order chi connectivity index (χ1) is 7.82. The van der Waals surface area contributed by atoms with Crippen LogP contribution in [0.15, 0.2) is 16.6 Å². The normalized spacial score (nSPS) is 26.5. The van der Waals surface area contributed by atoms with Gasteiger partial charge in [-0.3, -0.25) is 0 Å². The zero-order chi connectivity index (χ0) is 12.8. The van der Waals surface area contributed by atoms with Gasteiger partial charge in [0.1, 0.15) is 11.9 Å². The number of hydrogen-bond donors (Lipinski definition) is 0. The Hall–Kier alpha value is -0.0200. The highest BCUT2D eigenvalue weighted by Crippen LogP contribution is 2.47. The summed E-state index contributed by atoms with van der Waals surface area (Å²) in [6, 6.07) is 4.21. The number of alkyl halides is 1. The molecule has 0 N–H and O–H groups in total. The van der Waals surface area contributed by atoms with Crippen LogP contribution in [0.5, 0.6) is 5.75 Å². The lowest BCUT2D eigenvalue weighted by molar-refractivity contribution is -0.00786. The van der Waals surface area contributed by atoms with Gasteiger partial charge in [0.25, 0.3) is 0 Å². The average molecular weight is 362 g/mol. The maximum Gasteiger partial charge on any atom is 0.120 e. The highest BCUT2D eigenvalue weighted by molar-refractivity contribution is 9.10. The molecule has 0 aliphatic heterocycles. The highest BCUT2D eigenvalue weighted by atomic mass is 79.9. The van der Waals surface area contributed by atoms with Crippen molar-refractivity contribution in [2.75, 3.05) is 0 Å². The van der Waals surface area contributed by atoms with E-state index in [9.17, 15) is 0 Å². The highest BCUT2D eigenvalue weighted by Gasteiger charge is 2.48. The van der Waals surface area contributed by atoms with Crippen molar-refractivity contribution >= 4 is 31.9 Å².